The molecular weight excluding hydrogens is 272 g/mol. The third-order valence-electron chi connectivity index (χ3n) is 3.29. The van der Waals surface area contributed by atoms with Gasteiger partial charge in [-0.3, -0.25) is 0 Å². The number of hydrogen-bond acceptors (Lipinski definition) is 1. The summed E-state index contributed by atoms with van der Waals surface area (Å²) in [5.74, 6) is -0.956. The van der Waals surface area contributed by atoms with Crippen molar-refractivity contribution >= 4 is 5.97 Å². The maximum Gasteiger partial charge on any atom is 0.328 e. The minimum atomic E-state index is -0.956. The maximum absolute atomic E-state index is 10.2. The van der Waals surface area contributed by atoms with Crippen LogP contribution >= 0.6 is 0 Å². The third kappa shape index (κ3) is 18.2. The van der Waals surface area contributed by atoms with Crippen LogP contribution in [0.1, 0.15) is 71.1 Å². The first-order valence-corrected chi connectivity index (χ1v) is 8.49. The van der Waals surface area contributed by atoms with Crippen LogP contribution in [0.15, 0.2) is 47.9 Å². The molecule has 0 heterocycles. The van der Waals surface area contributed by atoms with Crippen molar-refractivity contribution < 1.29 is 9.90 Å². The summed E-state index contributed by atoms with van der Waals surface area (Å²) in [6.07, 6.45) is 23.2. The van der Waals surface area contributed by atoms with E-state index in [9.17, 15) is 4.79 Å². The van der Waals surface area contributed by atoms with Crippen LogP contribution in [0.2, 0.25) is 0 Å². The lowest BCUT2D eigenvalue weighted by atomic mass is 10.1. The van der Waals surface area contributed by atoms with Crippen molar-refractivity contribution in [1.82, 2.24) is 0 Å². The molecule has 0 aliphatic carbocycles. The second-order valence-corrected chi connectivity index (χ2v) is 5.36. The third-order valence-corrected chi connectivity index (χ3v) is 3.29. The van der Waals surface area contributed by atoms with Gasteiger partial charge in [0.25, 0.3) is 0 Å². The van der Waals surface area contributed by atoms with Crippen LogP contribution in [0.5, 0.6) is 0 Å². The Balaban J connectivity index is 3.47. The quantitative estimate of drug-likeness (QED) is 0.197. The van der Waals surface area contributed by atoms with Crippen molar-refractivity contribution in [1.29, 1.82) is 0 Å². The normalized spacial score (nSPS) is 10.6. The highest BCUT2D eigenvalue weighted by atomic mass is 16.4. The number of carboxylic acids is 1. The summed E-state index contributed by atoms with van der Waals surface area (Å²) >= 11 is 0. The largest absolute Gasteiger partial charge is 0.478 e. The van der Waals surface area contributed by atoms with E-state index in [1.807, 2.05) is 6.08 Å². The number of carboxylic acid groups (broad SMARTS) is 1. The molecule has 22 heavy (non-hydrogen) atoms. The summed E-state index contributed by atoms with van der Waals surface area (Å²) in [6.45, 7) is 2.26. The molecule has 0 radical (unpaired) electrons. The van der Waals surface area contributed by atoms with E-state index >= 15 is 0 Å². The van der Waals surface area contributed by atoms with Gasteiger partial charge in [-0.05, 0) is 31.1 Å². The zero-order valence-corrected chi connectivity index (χ0v) is 13.9. The molecule has 0 aromatic heterocycles. The van der Waals surface area contributed by atoms with Gasteiger partial charge in [-0.15, -0.1) is 0 Å². The van der Waals surface area contributed by atoms with Crippen LogP contribution in [-0.4, -0.2) is 11.1 Å². The molecule has 0 spiro atoms. The smallest absolute Gasteiger partial charge is 0.328 e. The number of unbranched alkanes of at least 4 members (excludes halogenated alkanes) is 9. The van der Waals surface area contributed by atoms with Crippen LogP contribution in [-0.2, 0) is 4.79 Å². The lowest BCUT2D eigenvalue weighted by Crippen LogP contribution is -1.83. The summed E-state index contributed by atoms with van der Waals surface area (Å²) < 4.78 is 0. The Labute approximate surface area is 135 Å². The Morgan fingerprint density at radius 1 is 0.864 bits per heavy atom. The summed E-state index contributed by atoms with van der Waals surface area (Å²) in [5.41, 5.74) is 5.58. The molecule has 0 amide bonds. The van der Waals surface area contributed by atoms with Gasteiger partial charge in [-0.25, -0.2) is 4.79 Å². The van der Waals surface area contributed by atoms with Crippen molar-refractivity contribution in [2.24, 2.45) is 0 Å². The maximum atomic E-state index is 10.2. The van der Waals surface area contributed by atoms with Crippen LogP contribution < -0.4 is 0 Å². The molecule has 0 aliphatic heterocycles. The summed E-state index contributed by atoms with van der Waals surface area (Å²) in [5, 5.41) is 8.37. The number of allylic oxidation sites excluding steroid dienone is 5. The van der Waals surface area contributed by atoms with Gasteiger partial charge in [0.15, 0.2) is 0 Å². The molecule has 122 valence electrons. The van der Waals surface area contributed by atoms with E-state index in [-0.39, 0.29) is 0 Å². The first kappa shape index (κ1) is 20.2. The molecule has 2 nitrogen and oxygen atoms in total. The van der Waals surface area contributed by atoms with Crippen LogP contribution in [0, 0.1) is 0 Å². The molecule has 0 rings (SSSR count). The van der Waals surface area contributed by atoms with Crippen molar-refractivity contribution in [3.63, 3.8) is 0 Å². The molecule has 0 bridgehead atoms. The molecule has 0 aliphatic rings. The average Bonchev–Trinajstić information content (AvgIpc) is 2.50. The molecule has 0 aromatic carbocycles. The standard InChI is InChI=1S/C20H30O2/c1-2-3-4-5-6-7-8-9-10-11-12-13-14-15-16-17-18-19-20(21)22/h12-14,17-19H,2-11H2,1H3,(H,21,22)/b13-12+,17-14?,19-18+. The molecule has 0 atom stereocenters. The Bertz CT molecular complexity index is 417. The Morgan fingerprint density at radius 2 is 1.41 bits per heavy atom. The molecular formula is C20H30O2. The summed E-state index contributed by atoms with van der Waals surface area (Å²) in [4.78, 5) is 10.2. The highest BCUT2D eigenvalue weighted by Gasteiger charge is 1.90. The highest BCUT2D eigenvalue weighted by Crippen LogP contribution is 2.10. The predicted octanol–water partition coefficient (Wildman–Crippen LogP) is 5.97. The predicted molar refractivity (Wildman–Crippen MR) is 93.9 cm³/mol. The molecule has 0 unspecified atom stereocenters. The van der Waals surface area contributed by atoms with Gasteiger partial charge in [0.2, 0.25) is 0 Å². The van der Waals surface area contributed by atoms with Crippen LogP contribution in [0.4, 0.5) is 0 Å². The monoisotopic (exact) mass is 302 g/mol. The van der Waals surface area contributed by atoms with Crippen molar-refractivity contribution in [2.75, 3.05) is 0 Å². The minimum absolute atomic E-state index is 0.956. The highest BCUT2D eigenvalue weighted by molar-refractivity contribution is 5.80. The number of rotatable bonds is 13. The summed E-state index contributed by atoms with van der Waals surface area (Å²) in [7, 11) is 0. The fraction of sp³-hybridized carbons (Fsp3) is 0.550. The number of aliphatic carboxylic acids is 1. The fourth-order valence-electron chi connectivity index (χ4n) is 2.06. The van der Waals surface area contributed by atoms with Crippen molar-refractivity contribution in [3.8, 4) is 0 Å². The molecule has 0 aromatic rings. The van der Waals surface area contributed by atoms with Gasteiger partial charge in [0.05, 0.1) is 0 Å². The van der Waals surface area contributed by atoms with E-state index < -0.39 is 5.97 Å². The lowest BCUT2D eigenvalue weighted by Gasteiger charge is -2.00. The zero-order valence-electron chi connectivity index (χ0n) is 13.9. The minimum Gasteiger partial charge on any atom is -0.478 e. The first-order valence-electron chi connectivity index (χ1n) is 8.49. The Kier molecular flexibility index (Phi) is 15.9. The molecule has 2 heteroatoms. The van der Waals surface area contributed by atoms with Gasteiger partial charge >= 0.3 is 5.97 Å². The topological polar surface area (TPSA) is 37.3 Å². The Hall–Kier alpha value is -1.75. The first-order chi connectivity index (χ1) is 10.8. The van der Waals surface area contributed by atoms with E-state index in [1.54, 1.807) is 6.08 Å². The number of carbonyl (C=O) groups is 1. The SMILES string of the molecule is CCCCCCCCCCC/C=C/C=C=C=C/C=C/C(=O)O. The lowest BCUT2D eigenvalue weighted by molar-refractivity contribution is -0.131. The molecule has 0 saturated carbocycles. The van der Waals surface area contributed by atoms with Gasteiger partial charge < -0.3 is 5.11 Å². The van der Waals surface area contributed by atoms with Gasteiger partial charge in [0.1, 0.15) is 0 Å². The van der Waals surface area contributed by atoms with Gasteiger partial charge in [-0.1, -0.05) is 81.9 Å². The number of hydrogen-bond donors (Lipinski definition) is 1. The molecule has 0 fully saturated rings. The van der Waals surface area contributed by atoms with Gasteiger partial charge in [-0.2, -0.15) is 0 Å². The van der Waals surface area contributed by atoms with E-state index in [0.29, 0.717) is 0 Å². The average molecular weight is 302 g/mol. The fourth-order valence-corrected chi connectivity index (χ4v) is 2.06. The summed E-state index contributed by atoms with van der Waals surface area (Å²) in [6, 6.07) is 0. The van der Waals surface area contributed by atoms with Crippen LogP contribution in [0.3, 0.4) is 0 Å². The van der Waals surface area contributed by atoms with Crippen molar-refractivity contribution in [3.05, 3.63) is 47.9 Å². The van der Waals surface area contributed by atoms with Crippen molar-refractivity contribution in [2.45, 2.75) is 71.1 Å². The molecule has 0 saturated heterocycles. The Morgan fingerprint density at radius 3 is 2.00 bits per heavy atom. The van der Waals surface area contributed by atoms with Gasteiger partial charge in [0, 0.05) is 6.08 Å². The van der Waals surface area contributed by atoms with E-state index in [4.69, 9.17) is 5.11 Å². The van der Waals surface area contributed by atoms with E-state index in [0.717, 1.165) is 12.5 Å². The second-order valence-electron chi connectivity index (χ2n) is 5.36. The van der Waals surface area contributed by atoms with Crippen LogP contribution in [0.25, 0.3) is 0 Å². The second kappa shape index (κ2) is 17.3. The zero-order chi connectivity index (χ0) is 16.3. The van der Waals surface area contributed by atoms with E-state index in [1.165, 1.54) is 69.9 Å². The van der Waals surface area contributed by atoms with E-state index in [2.05, 4.69) is 24.5 Å². The molecule has 1 N–H and O–H groups in total.